The smallest absolute Gasteiger partial charge is 0.482 e. The molecule has 0 amide bonds. The zero-order chi connectivity index (χ0) is 10.6. The molecular weight excluding hydrogens is 302 g/mol. The van der Waals surface area contributed by atoms with Gasteiger partial charge in [-0.1, -0.05) is 0 Å². The summed E-state index contributed by atoms with van der Waals surface area (Å²) in [5, 5.41) is 14.8. The van der Waals surface area contributed by atoms with Crippen molar-refractivity contribution in [1.82, 2.24) is 0 Å². The van der Waals surface area contributed by atoms with Gasteiger partial charge in [0.05, 0.1) is 18.2 Å². The Bertz CT molecular complexity index is 179. The van der Waals surface area contributed by atoms with E-state index in [-0.39, 0.29) is 22.4 Å². The number of hydrogen-bond donors (Lipinski definition) is 0. The van der Waals surface area contributed by atoms with E-state index in [0.717, 1.165) is 26.3 Å². The Hall–Kier alpha value is -1.12. The molecule has 0 saturated carbocycles. The maximum atomic E-state index is 8.25. The van der Waals surface area contributed by atoms with E-state index in [1.807, 2.05) is 0 Å². The summed E-state index contributed by atoms with van der Waals surface area (Å²) in [4.78, 5) is 15.7. The third kappa shape index (κ3) is 19.3. The summed E-state index contributed by atoms with van der Waals surface area (Å²) in [6.07, 6.45) is 2.97. The van der Waals surface area contributed by atoms with Gasteiger partial charge in [0.15, 0.2) is 12.8 Å². The summed E-state index contributed by atoms with van der Waals surface area (Å²) in [6.45, 7) is 3.25. The maximum absolute atomic E-state index is 8.25. The van der Waals surface area contributed by atoms with Gasteiger partial charge in [-0.3, -0.25) is 9.98 Å². The Labute approximate surface area is 102 Å². The molecule has 0 aliphatic carbocycles. The van der Waals surface area contributed by atoms with Crippen molar-refractivity contribution in [3.05, 3.63) is 15.3 Å². The molecule has 8 nitrogen and oxygen atoms in total. The number of hydrogen-bond acceptors (Lipinski definition) is 7. The molecule has 0 N–H and O–H groups in total. The van der Waals surface area contributed by atoms with Crippen LogP contribution in [0.25, 0.3) is 0 Å². The van der Waals surface area contributed by atoms with Gasteiger partial charge in [0, 0.05) is 0 Å². The molecule has 2 aliphatic heterocycles. The van der Waals surface area contributed by atoms with Gasteiger partial charge in [-0.05, 0) is 0 Å². The monoisotopic (exact) mass is 311 g/mol. The van der Waals surface area contributed by atoms with Gasteiger partial charge in [0.1, 0.15) is 13.2 Å². The third-order valence-electron chi connectivity index (χ3n) is 0.975. The average Bonchev–Trinajstić information content (AvgIpc) is 2.83. The van der Waals surface area contributed by atoms with E-state index in [1.165, 1.54) is 12.8 Å². The van der Waals surface area contributed by atoms with Crippen LogP contribution >= 0.6 is 0 Å². The molecule has 2 rings (SSSR count). The fourth-order valence-electron chi connectivity index (χ4n) is 0.527. The molecule has 9 heteroatoms. The summed E-state index contributed by atoms with van der Waals surface area (Å²) in [5.74, 6) is 0. The molecule has 0 aromatic heterocycles. The fraction of sp³-hybridized carbons (Fsp3) is 0.667. The second kappa shape index (κ2) is 12.9. The summed E-state index contributed by atoms with van der Waals surface area (Å²) < 4.78 is 9.31. The minimum Gasteiger partial charge on any atom is -0.482 e. The first-order valence-corrected chi connectivity index (χ1v) is 3.75. The molecule has 0 fully saturated rings. The van der Waals surface area contributed by atoms with E-state index in [2.05, 4.69) is 19.5 Å². The SMILES string of the molecule is C1=NCCO1.C1=NCCO1.O=[N+]([O-])[O-].[Ag+]. The van der Waals surface area contributed by atoms with Crippen LogP contribution in [0, 0.1) is 15.3 Å². The standard InChI is InChI=1S/2C3H5NO.Ag.NO3/c2*1-2-5-3-4-1;;2-1(3)4/h2*3H,1-2H2;;/q;;+1;-1. The average molecular weight is 312 g/mol. The molecule has 0 unspecified atom stereocenters. The quantitative estimate of drug-likeness (QED) is 0.351. The maximum Gasteiger partial charge on any atom is 1.00 e. The Kier molecular flexibility index (Phi) is 14.0. The summed E-state index contributed by atoms with van der Waals surface area (Å²) >= 11 is 0. The molecule has 0 bridgehead atoms. The van der Waals surface area contributed by atoms with Crippen molar-refractivity contribution in [3.8, 4) is 0 Å². The van der Waals surface area contributed by atoms with Crippen molar-refractivity contribution in [2.45, 2.75) is 0 Å². The van der Waals surface area contributed by atoms with Crippen LogP contribution in [0.15, 0.2) is 9.98 Å². The summed E-state index contributed by atoms with van der Waals surface area (Å²) in [5.41, 5.74) is 0. The minimum absolute atomic E-state index is 0. The number of ether oxygens (including phenoxy) is 2. The topological polar surface area (TPSA) is 109 Å². The molecule has 15 heavy (non-hydrogen) atoms. The molecule has 90 valence electrons. The van der Waals surface area contributed by atoms with Gasteiger partial charge in [-0.25, -0.2) is 0 Å². The van der Waals surface area contributed by atoms with Crippen molar-refractivity contribution in [2.75, 3.05) is 26.3 Å². The molecule has 0 atom stereocenters. The van der Waals surface area contributed by atoms with E-state index in [9.17, 15) is 0 Å². The van der Waals surface area contributed by atoms with Crippen molar-refractivity contribution in [2.24, 2.45) is 9.98 Å². The van der Waals surface area contributed by atoms with Gasteiger partial charge < -0.3 is 24.8 Å². The van der Waals surface area contributed by atoms with Crippen molar-refractivity contribution < 1.29 is 36.9 Å². The Balaban J connectivity index is 0. The van der Waals surface area contributed by atoms with Crippen LogP contribution in [-0.4, -0.2) is 44.2 Å². The number of aliphatic imine (C=N–C) groups is 2. The van der Waals surface area contributed by atoms with E-state index in [1.54, 1.807) is 0 Å². The van der Waals surface area contributed by atoms with Crippen LogP contribution in [0.3, 0.4) is 0 Å². The molecule has 0 saturated heterocycles. The Morgan fingerprint density at radius 1 is 1.07 bits per heavy atom. The first kappa shape index (κ1) is 16.3. The summed E-state index contributed by atoms with van der Waals surface area (Å²) in [6, 6.07) is 0. The fourth-order valence-corrected chi connectivity index (χ4v) is 0.527. The molecule has 0 spiro atoms. The first-order valence-electron chi connectivity index (χ1n) is 3.75. The second-order valence-electron chi connectivity index (χ2n) is 1.99. The first-order chi connectivity index (χ1) is 6.73. The molecule has 2 heterocycles. The molecule has 0 aromatic carbocycles. The van der Waals surface area contributed by atoms with Gasteiger partial charge >= 0.3 is 22.4 Å². The van der Waals surface area contributed by atoms with Crippen LogP contribution in [0.1, 0.15) is 0 Å². The molecule has 0 aromatic rings. The van der Waals surface area contributed by atoms with Crippen molar-refractivity contribution in [3.63, 3.8) is 0 Å². The van der Waals surface area contributed by atoms with Gasteiger partial charge in [-0.2, -0.15) is 0 Å². The number of nitrogens with zero attached hydrogens (tertiary/aromatic N) is 3. The van der Waals surface area contributed by atoms with Crippen molar-refractivity contribution in [1.29, 1.82) is 0 Å². The minimum atomic E-state index is -1.75. The Morgan fingerprint density at radius 2 is 1.40 bits per heavy atom. The largest absolute Gasteiger partial charge is 1.00 e. The van der Waals surface area contributed by atoms with Crippen molar-refractivity contribution >= 4 is 12.8 Å². The van der Waals surface area contributed by atoms with Crippen LogP contribution in [0.5, 0.6) is 0 Å². The van der Waals surface area contributed by atoms with Gasteiger partial charge in [0.2, 0.25) is 0 Å². The molecule has 0 radical (unpaired) electrons. The Morgan fingerprint density at radius 3 is 1.47 bits per heavy atom. The summed E-state index contributed by atoms with van der Waals surface area (Å²) in [7, 11) is 0. The van der Waals surface area contributed by atoms with Gasteiger partial charge in [-0.15, -0.1) is 0 Å². The number of rotatable bonds is 0. The molecular formula is C6H10AgN3O5. The van der Waals surface area contributed by atoms with Gasteiger partial charge in [0.25, 0.3) is 0 Å². The zero-order valence-corrected chi connectivity index (χ0v) is 9.15. The predicted molar refractivity (Wildman–Crippen MR) is 49.0 cm³/mol. The van der Waals surface area contributed by atoms with E-state index in [4.69, 9.17) is 15.3 Å². The molecule has 2 aliphatic rings. The third-order valence-corrected chi connectivity index (χ3v) is 0.975. The van der Waals surface area contributed by atoms with Crippen LogP contribution in [0.4, 0.5) is 0 Å². The van der Waals surface area contributed by atoms with E-state index < -0.39 is 5.09 Å². The predicted octanol–water partition coefficient (Wildman–Crippen LogP) is -0.152. The van der Waals surface area contributed by atoms with Crippen LogP contribution in [-0.2, 0) is 31.9 Å². The van der Waals surface area contributed by atoms with E-state index >= 15 is 0 Å². The van der Waals surface area contributed by atoms with E-state index in [0.29, 0.717) is 0 Å². The normalized spacial score (nSPS) is 14.4. The van der Waals surface area contributed by atoms with Crippen LogP contribution < -0.4 is 0 Å². The second-order valence-corrected chi connectivity index (χ2v) is 1.99. The van der Waals surface area contributed by atoms with Crippen LogP contribution in [0.2, 0.25) is 0 Å². The zero-order valence-electron chi connectivity index (χ0n) is 7.67.